The summed E-state index contributed by atoms with van der Waals surface area (Å²) < 4.78 is 1.30. The predicted octanol–water partition coefficient (Wildman–Crippen LogP) is 1.42. The average Bonchev–Trinajstić information content (AvgIpc) is 2.46. The van der Waals surface area contributed by atoms with Crippen molar-refractivity contribution in [3.8, 4) is 5.88 Å². The van der Waals surface area contributed by atoms with Gasteiger partial charge >= 0.3 is 0 Å². The molecule has 0 aliphatic carbocycles. The fourth-order valence-corrected chi connectivity index (χ4v) is 1.27. The summed E-state index contributed by atoms with van der Waals surface area (Å²) in [5, 5.41) is 12.2. The molecule has 0 aliphatic heterocycles. The second kappa shape index (κ2) is 2.74. The number of carbonyl (C=O) groups excluding carboxylic acids is 1. The summed E-state index contributed by atoms with van der Waals surface area (Å²) in [4.78, 5) is 10.9. The van der Waals surface area contributed by atoms with E-state index in [9.17, 15) is 4.79 Å². The molecule has 2 rings (SSSR count). The van der Waals surface area contributed by atoms with Gasteiger partial charge in [0.05, 0.1) is 5.52 Å². The highest BCUT2D eigenvalue weighted by Crippen LogP contribution is 2.13. The van der Waals surface area contributed by atoms with Crippen LogP contribution in [0, 0.1) is 0 Å². The van der Waals surface area contributed by atoms with E-state index in [1.165, 1.54) is 10.6 Å². The minimum atomic E-state index is -0.599. The molecule has 2 aromatic heterocycles. The molecule has 2 heterocycles. The molecule has 0 fully saturated rings. The van der Waals surface area contributed by atoms with E-state index < -0.39 is 5.24 Å². The van der Waals surface area contributed by atoms with E-state index in [4.69, 9.17) is 16.7 Å². The maximum atomic E-state index is 10.9. The molecule has 2 aromatic rings. The topological polar surface area (TPSA) is 54.6 Å². The number of rotatable bonds is 1. The molecule has 0 unspecified atom stereocenters. The smallest absolute Gasteiger partial charge is 0.270 e. The molecule has 4 nitrogen and oxygen atoms in total. The Labute approximate surface area is 78.4 Å². The fourth-order valence-electron chi connectivity index (χ4n) is 1.13. The normalized spacial score (nSPS) is 10.5. The molecule has 0 amide bonds. The Morgan fingerprint density at radius 3 is 2.77 bits per heavy atom. The van der Waals surface area contributed by atoms with Gasteiger partial charge in [0.15, 0.2) is 0 Å². The third-order valence-electron chi connectivity index (χ3n) is 1.69. The summed E-state index contributed by atoms with van der Waals surface area (Å²) in [6.45, 7) is 0. The zero-order valence-corrected chi connectivity index (χ0v) is 7.19. The second-order valence-corrected chi connectivity index (χ2v) is 2.86. The lowest BCUT2D eigenvalue weighted by Gasteiger charge is -1.96. The number of carbonyl (C=O) groups is 1. The van der Waals surface area contributed by atoms with Crippen LogP contribution in [0.5, 0.6) is 5.88 Å². The van der Waals surface area contributed by atoms with Gasteiger partial charge in [-0.25, -0.2) is 4.52 Å². The quantitative estimate of drug-likeness (QED) is 0.702. The van der Waals surface area contributed by atoms with Gasteiger partial charge in [-0.1, -0.05) is 0 Å². The van der Waals surface area contributed by atoms with Gasteiger partial charge in [0, 0.05) is 6.07 Å². The molecule has 0 aliphatic rings. The van der Waals surface area contributed by atoms with Crippen LogP contribution in [0.25, 0.3) is 5.52 Å². The van der Waals surface area contributed by atoms with Crippen molar-refractivity contribution in [1.29, 1.82) is 0 Å². The van der Waals surface area contributed by atoms with E-state index in [-0.39, 0.29) is 11.6 Å². The first-order valence-corrected chi connectivity index (χ1v) is 3.94. The first kappa shape index (κ1) is 8.07. The Morgan fingerprint density at radius 2 is 2.08 bits per heavy atom. The number of hydrogen-bond donors (Lipinski definition) is 1. The van der Waals surface area contributed by atoms with Crippen LogP contribution >= 0.6 is 11.6 Å². The molecule has 66 valence electrons. The molecule has 0 spiro atoms. The zero-order chi connectivity index (χ0) is 9.42. The van der Waals surface area contributed by atoms with Crippen molar-refractivity contribution < 1.29 is 9.90 Å². The highest BCUT2D eigenvalue weighted by Gasteiger charge is 2.08. The Hall–Kier alpha value is -1.55. The lowest BCUT2D eigenvalue weighted by Crippen LogP contribution is -1.99. The van der Waals surface area contributed by atoms with Crippen molar-refractivity contribution in [3.05, 3.63) is 30.0 Å². The van der Waals surface area contributed by atoms with Gasteiger partial charge in [0.2, 0.25) is 5.88 Å². The molecular weight excluding hydrogens is 192 g/mol. The van der Waals surface area contributed by atoms with Crippen LogP contribution in [0.1, 0.15) is 10.5 Å². The maximum Gasteiger partial charge on any atom is 0.270 e. The van der Waals surface area contributed by atoms with E-state index in [2.05, 4.69) is 5.10 Å². The fraction of sp³-hybridized carbons (Fsp3) is 0. The van der Waals surface area contributed by atoms with Gasteiger partial charge < -0.3 is 5.11 Å². The average molecular weight is 197 g/mol. The van der Waals surface area contributed by atoms with Crippen LogP contribution in [-0.2, 0) is 0 Å². The SMILES string of the molecule is O=C(Cl)c1ccc2ccc(O)nn12. The summed E-state index contributed by atoms with van der Waals surface area (Å²) in [5.74, 6) is -0.150. The number of aromatic hydroxyl groups is 1. The van der Waals surface area contributed by atoms with Gasteiger partial charge in [-0.3, -0.25) is 4.79 Å². The van der Waals surface area contributed by atoms with Crippen molar-refractivity contribution >= 4 is 22.4 Å². The molecule has 0 bridgehead atoms. The largest absolute Gasteiger partial charge is 0.492 e. The molecule has 0 atom stereocenters. The third-order valence-corrected chi connectivity index (χ3v) is 1.89. The first-order valence-electron chi connectivity index (χ1n) is 3.56. The molecule has 5 heteroatoms. The first-order chi connectivity index (χ1) is 6.18. The molecule has 0 aromatic carbocycles. The van der Waals surface area contributed by atoms with Gasteiger partial charge in [0.1, 0.15) is 5.69 Å². The second-order valence-electron chi connectivity index (χ2n) is 2.52. The number of nitrogens with zero attached hydrogens (tertiary/aromatic N) is 2. The lowest BCUT2D eigenvalue weighted by atomic mass is 10.4. The lowest BCUT2D eigenvalue weighted by molar-refractivity contribution is 0.107. The Balaban J connectivity index is 2.79. The van der Waals surface area contributed by atoms with Crippen LogP contribution in [0.4, 0.5) is 0 Å². The Morgan fingerprint density at radius 1 is 1.38 bits per heavy atom. The van der Waals surface area contributed by atoms with Crippen LogP contribution in [0.15, 0.2) is 24.3 Å². The number of halogens is 1. The van der Waals surface area contributed by atoms with Crippen molar-refractivity contribution in [2.45, 2.75) is 0 Å². The van der Waals surface area contributed by atoms with E-state index >= 15 is 0 Å². The van der Waals surface area contributed by atoms with Crippen molar-refractivity contribution in [1.82, 2.24) is 9.61 Å². The summed E-state index contributed by atoms with van der Waals surface area (Å²) in [6.07, 6.45) is 0. The Kier molecular flexibility index (Phi) is 1.70. The van der Waals surface area contributed by atoms with Gasteiger partial charge in [-0.05, 0) is 29.8 Å². The number of hydrogen-bond acceptors (Lipinski definition) is 3. The highest BCUT2D eigenvalue weighted by molar-refractivity contribution is 6.67. The molecule has 0 saturated heterocycles. The minimum Gasteiger partial charge on any atom is -0.492 e. The molecule has 13 heavy (non-hydrogen) atoms. The molecular formula is C8H5ClN2O2. The summed E-state index contributed by atoms with van der Waals surface area (Å²) in [7, 11) is 0. The third kappa shape index (κ3) is 1.25. The van der Waals surface area contributed by atoms with Crippen LogP contribution in [0.3, 0.4) is 0 Å². The number of aromatic nitrogens is 2. The van der Waals surface area contributed by atoms with E-state index in [0.717, 1.165) is 0 Å². The highest BCUT2D eigenvalue weighted by atomic mass is 35.5. The standard InChI is InChI=1S/C8H5ClN2O2/c9-8(13)6-3-1-5-2-4-7(12)10-11(5)6/h1-4H,(H,10,12). The minimum absolute atomic E-state index is 0.150. The summed E-state index contributed by atoms with van der Waals surface area (Å²) in [5.41, 5.74) is 0.953. The zero-order valence-electron chi connectivity index (χ0n) is 6.44. The summed E-state index contributed by atoms with van der Waals surface area (Å²) in [6, 6.07) is 6.34. The molecule has 0 saturated carbocycles. The van der Waals surface area contributed by atoms with Crippen molar-refractivity contribution in [3.63, 3.8) is 0 Å². The van der Waals surface area contributed by atoms with Crippen molar-refractivity contribution in [2.75, 3.05) is 0 Å². The van der Waals surface area contributed by atoms with E-state index in [1.807, 2.05) is 0 Å². The van der Waals surface area contributed by atoms with Crippen LogP contribution in [-0.4, -0.2) is 20.0 Å². The maximum absolute atomic E-state index is 10.9. The van der Waals surface area contributed by atoms with Crippen LogP contribution in [0.2, 0.25) is 0 Å². The summed E-state index contributed by atoms with van der Waals surface area (Å²) >= 11 is 5.29. The monoisotopic (exact) mass is 196 g/mol. The van der Waals surface area contributed by atoms with Crippen LogP contribution < -0.4 is 0 Å². The molecule has 1 N–H and O–H groups in total. The molecule has 0 radical (unpaired) electrons. The van der Waals surface area contributed by atoms with Crippen molar-refractivity contribution in [2.24, 2.45) is 0 Å². The van der Waals surface area contributed by atoms with Gasteiger partial charge in [0.25, 0.3) is 5.24 Å². The number of fused-ring (bicyclic) bond motifs is 1. The van der Waals surface area contributed by atoms with Gasteiger partial charge in [-0.15, -0.1) is 5.10 Å². The van der Waals surface area contributed by atoms with E-state index in [1.54, 1.807) is 18.2 Å². The van der Waals surface area contributed by atoms with E-state index in [0.29, 0.717) is 5.52 Å². The van der Waals surface area contributed by atoms with Gasteiger partial charge in [-0.2, -0.15) is 0 Å². The predicted molar refractivity (Wildman–Crippen MR) is 47.0 cm³/mol. The Bertz CT molecular complexity index is 478.